The lowest BCUT2D eigenvalue weighted by Gasteiger charge is -2.31. The van der Waals surface area contributed by atoms with Gasteiger partial charge in [-0.1, -0.05) is 19.1 Å². The molecule has 3 heterocycles. The summed E-state index contributed by atoms with van der Waals surface area (Å²) in [7, 11) is 2.18. The standard InChI is InChI=1S/C10H15NO/c1-9-5-8-3-4-10(9,12-8)7-11(2)6-9/h3-4,8H,5-7H2,1-2H3/t8-,9+,10-/m1/s1. The summed E-state index contributed by atoms with van der Waals surface area (Å²) in [6, 6.07) is 0. The summed E-state index contributed by atoms with van der Waals surface area (Å²) < 4.78 is 6.00. The largest absolute Gasteiger partial charge is 0.362 e. The number of hydrogen-bond donors (Lipinski definition) is 0. The number of hydrogen-bond acceptors (Lipinski definition) is 2. The van der Waals surface area contributed by atoms with Crippen molar-refractivity contribution < 1.29 is 4.74 Å². The van der Waals surface area contributed by atoms with Crippen LogP contribution in [0.3, 0.4) is 0 Å². The molecule has 3 atom stereocenters. The number of rotatable bonds is 0. The second kappa shape index (κ2) is 1.78. The van der Waals surface area contributed by atoms with Crippen molar-refractivity contribution in [3.05, 3.63) is 12.2 Å². The molecule has 2 bridgehead atoms. The topological polar surface area (TPSA) is 12.5 Å². The first kappa shape index (κ1) is 7.10. The normalized spacial score (nSPS) is 56.7. The predicted molar refractivity (Wildman–Crippen MR) is 47.0 cm³/mol. The number of likely N-dealkylation sites (N-methyl/N-ethyl adjacent to an activating group) is 1. The van der Waals surface area contributed by atoms with Gasteiger partial charge in [0.05, 0.1) is 6.10 Å². The third kappa shape index (κ3) is 0.603. The van der Waals surface area contributed by atoms with Gasteiger partial charge in [-0.05, 0) is 13.5 Å². The lowest BCUT2D eigenvalue weighted by Crippen LogP contribution is -2.39. The van der Waals surface area contributed by atoms with Crippen molar-refractivity contribution in [3.8, 4) is 0 Å². The van der Waals surface area contributed by atoms with E-state index in [1.165, 1.54) is 13.0 Å². The maximum atomic E-state index is 6.00. The van der Waals surface area contributed by atoms with Crippen LogP contribution >= 0.6 is 0 Å². The van der Waals surface area contributed by atoms with E-state index in [2.05, 4.69) is 31.0 Å². The van der Waals surface area contributed by atoms with E-state index >= 15 is 0 Å². The molecule has 0 aromatic heterocycles. The number of fused-ring (bicyclic) bond motifs is 1. The molecular formula is C10H15NO. The summed E-state index contributed by atoms with van der Waals surface area (Å²) in [6.45, 7) is 4.63. The molecule has 12 heavy (non-hydrogen) atoms. The van der Waals surface area contributed by atoms with Crippen LogP contribution in [0.25, 0.3) is 0 Å². The van der Waals surface area contributed by atoms with Gasteiger partial charge in [0.2, 0.25) is 0 Å². The molecule has 0 aromatic rings. The van der Waals surface area contributed by atoms with Crippen LogP contribution in [0, 0.1) is 5.41 Å². The summed E-state index contributed by atoms with van der Waals surface area (Å²) in [4.78, 5) is 2.38. The van der Waals surface area contributed by atoms with Gasteiger partial charge in [0.15, 0.2) is 0 Å². The summed E-state index contributed by atoms with van der Waals surface area (Å²) >= 11 is 0. The van der Waals surface area contributed by atoms with Crippen LogP contribution in [0.4, 0.5) is 0 Å². The molecule has 0 aromatic carbocycles. The zero-order valence-corrected chi connectivity index (χ0v) is 7.71. The minimum Gasteiger partial charge on any atom is -0.362 e. The Morgan fingerprint density at radius 2 is 2.33 bits per heavy atom. The first-order valence-electron chi connectivity index (χ1n) is 4.69. The molecule has 0 saturated carbocycles. The fourth-order valence-corrected chi connectivity index (χ4v) is 3.21. The van der Waals surface area contributed by atoms with Gasteiger partial charge >= 0.3 is 0 Å². The van der Waals surface area contributed by atoms with Crippen molar-refractivity contribution >= 4 is 0 Å². The van der Waals surface area contributed by atoms with E-state index < -0.39 is 0 Å². The molecule has 0 aliphatic carbocycles. The average molecular weight is 165 g/mol. The van der Waals surface area contributed by atoms with E-state index in [9.17, 15) is 0 Å². The summed E-state index contributed by atoms with van der Waals surface area (Å²) in [6.07, 6.45) is 6.17. The molecule has 3 rings (SSSR count). The molecule has 3 aliphatic heterocycles. The highest BCUT2D eigenvalue weighted by molar-refractivity contribution is 5.28. The number of likely N-dealkylation sites (tertiary alicyclic amines) is 1. The molecule has 66 valence electrons. The minimum absolute atomic E-state index is 0.0758. The van der Waals surface area contributed by atoms with Gasteiger partial charge in [-0.3, -0.25) is 0 Å². The Hall–Kier alpha value is -0.340. The number of ether oxygens (including phenoxy) is 1. The van der Waals surface area contributed by atoms with Crippen LogP contribution in [0.2, 0.25) is 0 Å². The smallest absolute Gasteiger partial charge is 0.106 e. The Balaban J connectivity index is 2.08. The molecular weight excluding hydrogens is 150 g/mol. The highest BCUT2D eigenvalue weighted by atomic mass is 16.5. The van der Waals surface area contributed by atoms with Crippen LogP contribution in [0.5, 0.6) is 0 Å². The molecule has 1 spiro atoms. The molecule has 2 fully saturated rings. The second-order valence-corrected chi connectivity index (χ2v) is 4.84. The monoisotopic (exact) mass is 165 g/mol. The van der Waals surface area contributed by atoms with Gasteiger partial charge in [-0.15, -0.1) is 0 Å². The number of nitrogens with zero attached hydrogens (tertiary/aromatic N) is 1. The molecule has 2 heteroatoms. The van der Waals surface area contributed by atoms with Gasteiger partial charge < -0.3 is 9.64 Å². The Labute approximate surface area is 73.2 Å². The minimum atomic E-state index is 0.0758. The Morgan fingerprint density at radius 3 is 3.00 bits per heavy atom. The zero-order chi connectivity index (χ0) is 8.40. The average Bonchev–Trinajstić information content (AvgIpc) is 2.46. The van der Waals surface area contributed by atoms with Gasteiger partial charge in [-0.25, -0.2) is 0 Å². The lowest BCUT2D eigenvalue weighted by atomic mass is 9.72. The molecule has 3 aliphatic rings. The van der Waals surface area contributed by atoms with Gasteiger partial charge in [0.25, 0.3) is 0 Å². The van der Waals surface area contributed by atoms with Crippen molar-refractivity contribution in [2.75, 3.05) is 20.1 Å². The van der Waals surface area contributed by atoms with Crippen molar-refractivity contribution in [2.24, 2.45) is 5.41 Å². The van der Waals surface area contributed by atoms with Crippen molar-refractivity contribution in [3.63, 3.8) is 0 Å². The van der Waals surface area contributed by atoms with E-state index in [1.54, 1.807) is 0 Å². The molecule has 2 nitrogen and oxygen atoms in total. The maximum Gasteiger partial charge on any atom is 0.106 e. The van der Waals surface area contributed by atoms with E-state index in [0.717, 1.165) is 6.54 Å². The Morgan fingerprint density at radius 1 is 1.50 bits per heavy atom. The van der Waals surface area contributed by atoms with E-state index in [1.807, 2.05) is 0 Å². The molecule has 2 saturated heterocycles. The van der Waals surface area contributed by atoms with Gasteiger partial charge in [0, 0.05) is 18.5 Å². The molecule has 0 N–H and O–H groups in total. The fourth-order valence-electron chi connectivity index (χ4n) is 3.21. The van der Waals surface area contributed by atoms with Gasteiger partial charge in [0.1, 0.15) is 5.60 Å². The highest BCUT2D eigenvalue weighted by Gasteiger charge is 2.62. The SMILES string of the molecule is CN1C[C@]2(C)C[C@H]3C=C[C@]2(C1)O3. The van der Waals surface area contributed by atoms with Crippen molar-refractivity contribution in [1.29, 1.82) is 0 Å². The van der Waals surface area contributed by atoms with E-state index in [0.29, 0.717) is 11.5 Å². The van der Waals surface area contributed by atoms with Crippen LogP contribution in [0.15, 0.2) is 12.2 Å². The fraction of sp³-hybridized carbons (Fsp3) is 0.800. The summed E-state index contributed by atoms with van der Waals surface area (Å²) in [5.74, 6) is 0. The van der Waals surface area contributed by atoms with E-state index in [-0.39, 0.29) is 5.60 Å². The third-order valence-electron chi connectivity index (χ3n) is 3.74. The maximum absolute atomic E-state index is 6.00. The Kier molecular flexibility index (Phi) is 1.05. The first-order chi connectivity index (χ1) is 5.64. The van der Waals surface area contributed by atoms with E-state index in [4.69, 9.17) is 4.74 Å². The predicted octanol–water partition coefficient (Wildman–Crippen LogP) is 1.04. The van der Waals surface area contributed by atoms with Crippen molar-refractivity contribution in [2.45, 2.75) is 25.0 Å². The lowest BCUT2D eigenvalue weighted by molar-refractivity contribution is 0.00759. The molecule has 0 unspecified atom stereocenters. The van der Waals surface area contributed by atoms with Crippen LogP contribution in [0.1, 0.15) is 13.3 Å². The zero-order valence-electron chi connectivity index (χ0n) is 7.71. The second-order valence-electron chi connectivity index (χ2n) is 4.84. The molecule has 0 amide bonds. The highest BCUT2D eigenvalue weighted by Crippen LogP contribution is 2.55. The van der Waals surface area contributed by atoms with Crippen LogP contribution < -0.4 is 0 Å². The third-order valence-corrected chi connectivity index (χ3v) is 3.74. The van der Waals surface area contributed by atoms with Crippen LogP contribution in [-0.2, 0) is 4.74 Å². The first-order valence-corrected chi connectivity index (χ1v) is 4.69. The molecule has 0 radical (unpaired) electrons. The van der Waals surface area contributed by atoms with Crippen LogP contribution in [-0.4, -0.2) is 36.7 Å². The Bertz CT molecular complexity index is 263. The van der Waals surface area contributed by atoms with Crippen molar-refractivity contribution in [1.82, 2.24) is 4.90 Å². The summed E-state index contributed by atoms with van der Waals surface area (Å²) in [5, 5.41) is 0. The van der Waals surface area contributed by atoms with Gasteiger partial charge in [-0.2, -0.15) is 0 Å². The quantitative estimate of drug-likeness (QED) is 0.497. The summed E-state index contributed by atoms with van der Waals surface area (Å²) in [5.41, 5.74) is 0.466.